The third kappa shape index (κ3) is 9.65. The molecule has 1 saturated heterocycles. The van der Waals surface area contributed by atoms with Gasteiger partial charge in [-0.05, 0) is 43.7 Å². The van der Waals surface area contributed by atoms with Gasteiger partial charge in [-0.25, -0.2) is 4.79 Å². The zero-order valence-electron chi connectivity index (χ0n) is 20.7. The Bertz CT molecular complexity index is 916. The molecule has 36 heavy (non-hydrogen) atoms. The van der Waals surface area contributed by atoms with E-state index in [2.05, 4.69) is 21.3 Å². The fourth-order valence-electron chi connectivity index (χ4n) is 4.01. The van der Waals surface area contributed by atoms with Crippen LogP contribution in [0.5, 0.6) is 0 Å². The number of rotatable bonds is 14. The van der Waals surface area contributed by atoms with Crippen molar-refractivity contribution in [3.05, 3.63) is 35.9 Å². The molecule has 11 nitrogen and oxygen atoms in total. The van der Waals surface area contributed by atoms with Crippen molar-refractivity contribution in [2.75, 3.05) is 6.54 Å². The van der Waals surface area contributed by atoms with Crippen LogP contribution in [0.1, 0.15) is 51.5 Å². The molecule has 4 atom stereocenters. The van der Waals surface area contributed by atoms with Crippen LogP contribution in [0.4, 0.5) is 0 Å². The lowest BCUT2D eigenvalue weighted by atomic mass is 10.0. The zero-order valence-corrected chi connectivity index (χ0v) is 20.7. The Morgan fingerprint density at radius 3 is 2.14 bits per heavy atom. The Balaban J connectivity index is 2.12. The maximum atomic E-state index is 13.1. The van der Waals surface area contributed by atoms with Crippen molar-refractivity contribution in [1.29, 1.82) is 0 Å². The number of amides is 3. The van der Waals surface area contributed by atoms with Crippen molar-refractivity contribution < 1.29 is 34.2 Å². The van der Waals surface area contributed by atoms with Gasteiger partial charge in [-0.1, -0.05) is 44.2 Å². The van der Waals surface area contributed by atoms with E-state index in [1.807, 2.05) is 13.8 Å². The summed E-state index contributed by atoms with van der Waals surface area (Å²) < 4.78 is 0. The van der Waals surface area contributed by atoms with Crippen molar-refractivity contribution in [3.63, 3.8) is 0 Å². The zero-order chi connectivity index (χ0) is 26.7. The molecule has 1 aromatic rings. The topological polar surface area (TPSA) is 174 Å². The second kappa shape index (κ2) is 14.2. The van der Waals surface area contributed by atoms with E-state index in [1.54, 1.807) is 30.3 Å². The van der Waals surface area contributed by atoms with Gasteiger partial charge in [0, 0.05) is 12.8 Å². The number of carboxylic acid groups (broad SMARTS) is 2. The van der Waals surface area contributed by atoms with Gasteiger partial charge < -0.3 is 31.5 Å². The highest BCUT2D eigenvalue weighted by Gasteiger charge is 2.32. The summed E-state index contributed by atoms with van der Waals surface area (Å²) in [4.78, 5) is 61.6. The van der Waals surface area contributed by atoms with Crippen LogP contribution < -0.4 is 21.3 Å². The Labute approximate surface area is 210 Å². The molecular formula is C25H36N4O7. The standard InChI is InChI=1S/C25H36N4O7/c1-15(2)13-19(24(34)29-20(25(35)36)14-16-7-4-3-5-8-16)28-23(33)18(10-11-21(30)31)27-22(32)17-9-6-12-26-17/h3-5,7-8,15,17-20,26H,6,9-14H2,1-2H3,(H,27,32)(H,28,33)(H,29,34)(H,30,31)(H,35,36). The molecular weight excluding hydrogens is 468 g/mol. The molecule has 1 aromatic carbocycles. The Morgan fingerprint density at radius 2 is 1.58 bits per heavy atom. The molecule has 0 radical (unpaired) electrons. The number of carboxylic acids is 2. The van der Waals surface area contributed by atoms with Crippen LogP contribution in [0.2, 0.25) is 0 Å². The van der Waals surface area contributed by atoms with Gasteiger partial charge in [0.05, 0.1) is 6.04 Å². The Kier molecular flexibility index (Phi) is 11.3. The first-order valence-electron chi connectivity index (χ1n) is 12.2. The van der Waals surface area contributed by atoms with Gasteiger partial charge in [0.25, 0.3) is 0 Å². The van der Waals surface area contributed by atoms with Crippen LogP contribution in [0.15, 0.2) is 30.3 Å². The molecule has 1 fully saturated rings. The smallest absolute Gasteiger partial charge is 0.326 e. The molecule has 3 amide bonds. The number of aliphatic carboxylic acids is 2. The van der Waals surface area contributed by atoms with Gasteiger partial charge in [-0.15, -0.1) is 0 Å². The number of carbonyl (C=O) groups excluding carboxylic acids is 3. The summed E-state index contributed by atoms with van der Waals surface area (Å²) in [7, 11) is 0. The lowest BCUT2D eigenvalue weighted by Crippen LogP contribution is -2.57. The molecule has 4 unspecified atom stereocenters. The fraction of sp³-hybridized carbons (Fsp3) is 0.560. The Morgan fingerprint density at radius 1 is 0.944 bits per heavy atom. The number of hydrogen-bond acceptors (Lipinski definition) is 6. The lowest BCUT2D eigenvalue weighted by Gasteiger charge is -2.26. The normalized spacial score (nSPS) is 17.6. The molecule has 11 heteroatoms. The first-order chi connectivity index (χ1) is 17.1. The monoisotopic (exact) mass is 504 g/mol. The molecule has 0 aromatic heterocycles. The number of hydrogen-bond donors (Lipinski definition) is 6. The number of nitrogens with one attached hydrogen (secondary N) is 4. The summed E-state index contributed by atoms with van der Waals surface area (Å²) in [5.74, 6) is -4.12. The van der Waals surface area contributed by atoms with Gasteiger partial charge in [-0.2, -0.15) is 0 Å². The van der Waals surface area contributed by atoms with Crippen molar-refractivity contribution in [3.8, 4) is 0 Å². The average Bonchev–Trinajstić information content (AvgIpc) is 3.36. The summed E-state index contributed by atoms with van der Waals surface area (Å²) in [5, 5.41) is 29.4. The van der Waals surface area contributed by atoms with E-state index in [-0.39, 0.29) is 31.6 Å². The van der Waals surface area contributed by atoms with Crippen LogP contribution in [0.3, 0.4) is 0 Å². The van der Waals surface area contributed by atoms with Crippen molar-refractivity contribution >= 4 is 29.7 Å². The summed E-state index contributed by atoms with van der Waals surface area (Å²) in [6.07, 6.45) is 1.20. The van der Waals surface area contributed by atoms with Gasteiger partial charge in [0.15, 0.2) is 0 Å². The average molecular weight is 505 g/mol. The summed E-state index contributed by atoms with van der Waals surface area (Å²) in [6.45, 7) is 4.37. The molecule has 1 heterocycles. The van der Waals surface area contributed by atoms with E-state index in [1.165, 1.54) is 0 Å². The summed E-state index contributed by atoms with van der Waals surface area (Å²) in [5.41, 5.74) is 0.728. The maximum Gasteiger partial charge on any atom is 0.326 e. The van der Waals surface area contributed by atoms with Crippen molar-refractivity contribution in [2.45, 2.75) is 76.5 Å². The van der Waals surface area contributed by atoms with Crippen molar-refractivity contribution in [2.24, 2.45) is 5.92 Å². The molecule has 6 N–H and O–H groups in total. The number of carbonyl (C=O) groups is 5. The van der Waals surface area contributed by atoms with E-state index in [4.69, 9.17) is 5.11 Å². The largest absolute Gasteiger partial charge is 0.481 e. The van der Waals surface area contributed by atoms with E-state index in [0.29, 0.717) is 13.0 Å². The predicted molar refractivity (Wildman–Crippen MR) is 131 cm³/mol. The molecule has 0 spiro atoms. The summed E-state index contributed by atoms with van der Waals surface area (Å²) in [6, 6.07) is 4.96. The highest BCUT2D eigenvalue weighted by Crippen LogP contribution is 2.10. The highest BCUT2D eigenvalue weighted by atomic mass is 16.4. The van der Waals surface area contributed by atoms with Crippen LogP contribution >= 0.6 is 0 Å². The number of benzene rings is 1. The highest BCUT2D eigenvalue weighted by molar-refractivity contribution is 5.94. The lowest BCUT2D eigenvalue weighted by molar-refractivity contribution is -0.142. The molecule has 1 aliphatic rings. The first kappa shape index (κ1) is 28.8. The van der Waals surface area contributed by atoms with E-state index < -0.39 is 53.8 Å². The second-order valence-corrected chi connectivity index (χ2v) is 9.42. The minimum atomic E-state index is -1.21. The Hall–Kier alpha value is -3.47. The van der Waals surface area contributed by atoms with Crippen LogP contribution in [0, 0.1) is 5.92 Å². The van der Waals surface area contributed by atoms with Crippen molar-refractivity contribution in [1.82, 2.24) is 21.3 Å². The van der Waals surface area contributed by atoms with E-state index in [0.717, 1.165) is 12.0 Å². The quantitative estimate of drug-likeness (QED) is 0.211. The molecule has 0 bridgehead atoms. The maximum absolute atomic E-state index is 13.1. The minimum absolute atomic E-state index is 0.0202. The van der Waals surface area contributed by atoms with Crippen LogP contribution in [0.25, 0.3) is 0 Å². The molecule has 198 valence electrons. The van der Waals surface area contributed by atoms with Gasteiger partial charge >= 0.3 is 11.9 Å². The first-order valence-corrected chi connectivity index (χ1v) is 12.2. The third-order valence-electron chi connectivity index (χ3n) is 5.89. The van der Waals surface area contributed by atoms with Gasteiger partial charge in [0.2, 0.25) is 17.7 Å². The predicted octanol–water partition coefficient (Wildman–Crippen LogP) is 0.431. The minimum Gasteiger partial charge on any atom is -0.481 e. The van der Waals surface area contributed by atoms with Gasteiger partial charge in [0.1, 0.15) is 18.1 Å². The van der Waals surface area contributed by atoms with E-state index >= 15 is 0 Å². The van der Waals surface area contributed by atoms with Crippen LogP contribution in [-0.4, -0.2) is 70.6 Å². The molecule has 0 aliphatic carbocycles. The third-order valence-corrected chi connectivity index (χ3v) is 5.89. The second-order valence-electron chi connectivity index (χ2n) is 9.42. The van der Waals surface area contributed by atoms with Gasteiger partial charge in [-0.3, -0.25) is 19.2 Å². The van der Waals surface area contributed by atoms with Crippen LogP contribution in [-0.2, 0) is 30.4 Å². The SMILES string of the molecule is CC(C)CC(NC(=O)C(CCC(=O)O)NC(=O)C1CCCN1)C(=O)NC(Cc1ccccc1)C(=O)O. The molecule has 1 aliphatic heterocycles. The fourth-order valence-corrected chi connectivity index (χ4v) is 4.01. The summed E-state index contributed by atoms with van der Waals surface area (Å²) >= 11 is 0. The molecule has 2 rings (SSSR count). The molecule has 0 saturated carbocycles. The van der Waals surface area contributed by atoms with E-state index in [9.17, 15) is 29.1 Å².